The van der Waals surface area contributed by atoms with Crippen LogP contribution in [0.2, 0.25) is 0 Å². The zero-order chi connectivity index (χ0) is 48.1. The number of ether oxygens (including phenoxy) is 9. The van der Waals surface area contributed by atoms with Gasteiger partial charge in [-0.1, -0.05) is 193 Å². The molecule has 7 unspecified atom stereocenters. The van der Waals surface area contributed by atoms with E-state index in [9.17, 15) is 5.11 Å². The second-order valence-electron chi connectivity index (χ2n) is 19.3. The minimum atomic E-state index is -1.33. The van der Waals surface area contributed by atoms with Crippen LogP contribution < -0.4 is 0 Å². The smallest absolute Gasteiger partial charge is 0.184 e. The third-order valence-corrected chi connectivity index (χ3v) is 14.8. The fourth-order valence-electron chi connectivity index (χ4n) is 10.3. The highest BCUT2D eigenvalue weighted by Crippen LogP contribution is 2.42. The third kappa shape index (κ3) is 13.0. The van der Waals surface area contributed by atoms with Gasteiger partial charge >= 0.3 is 0 Å². The summed E-state index contributed by atoms with van der Waals surface area (Å²) in [5.41, 5.74) is 4.98. The minimum absolute atomic E-state index is 0.0496. The van der Waals surface area contributed by atoms with Crippen LogP contribution in [0.5, 0.6) is 0 Å². The molecule has 370 valence electrons. The molecule has 69 heavy (non-hydrogen) atoms. The maximum Gasteiger partial charge on any atom is 0.184 e. The van der Waals surface area contributed by atoms with Crippen LogP contribution in [-0.4, -0.2) is 78.7 Å². The van der Waals surface area contributed by atoms with Crippen LogP contribution in [0.25, 0.3) is 0 Å². The first-order chi connectivity index (χ1) is 33.7. The van der Waals surface area contributed by atoms with Gasteiger partial charge in [-0.15, -0.1) is 0 Å². The topological polar surface area (TPSA) is 103 Å². The fraction of sp³-hybridized carbons (Fsp3) is 0.492. The highest BCUT2D eigenvalue weighted by molar-refractivity contribution is 5.18. The molecule has 10 heteroatoms. The summed E-state index contributed by atoms with van der Waals surface area (Å²) >= 11 is 0. The van der Waals surface area contributed by atoms with E-state index in [1.54, 1.807) is 0 Å². The van der Waals surface area contributed by atoms with Gasteiger partial charge in [0.15, 0.2) is 12.6 Å². The molecule has 2 heterocycles. The van der Waals surface area contributed by atoms with Gasteiger partial charge in [-0.2, -0.15) is 0 Å². The molecular weight excluding hydrogens is 869 g/mol. The predicted molar refractivity (Wildman–Crippen MR) is 265 cm³/mol. The highest BCUT2D eigenvalue weighted by atomic mass is 16.7. The Morgan fingerprint density at radius 2 is 0.594 bits per heavy atom. The molecule has 1 aliphatic carbocycles. The Balaban J connectivity index is 1.21. The Labute approximate surface area is 410 Å². The Morgan fingerprint density at radius 3 is 0.855 bits per heavy atom. The van der Waals surface area contributed by atoms with E-state index in [2.05, 4.69) is 65.8 Å². The lowest BCUT2D eigenvalue weighted by atomic mass is 9.81. The van der Waals surface area contributed by atoms with Crippen molar-refractivity contribution in [2.75, 3.05) is 0 Å². The largest absolute Gasteiger partial charge is 0.387 e. The highest BCUT2D eigenvalue weighted by Gasteiger charge is 2.58. The molecule has 5 aromatic rings. The summed E-state index contributed by atoms with van der Waals surface area (Å²) in [6.07, 6.45) is -7.39. The van der Waals surface area contributed by atoms with Gasteiger partial charge in [-0.05, 0) is 64.3 Å². The number of hydrogen-bond acceptors (Lipinski definition) is 10. The Morgan fingerprint density at radius 1 is 0.348 bits per heavy atom. The normalized spacial score (nSPS) is 32.7. The summed E-state index contributed by atoms with van der Waals surface area (Å²) in [5.74, 6) is 0.457. The average Bonchev–Trinajstić information content (AvgIpc) is 3.39. The molecule has 10 nitrogen and oxygen atoms in total. The maximum atomic E-state index is 13.3. The molecule has 8 rings (SSSR count). The van der Waals surface area contributed by atoms with Gasteiger partial charge in [0, 0.05) is 0 Å². The van der Waals surface area contributed by atoms with Crippen molar-refractivity contribution in [3.05, 3.63) is 179 Å². The molecule has 2 aliphatic heterocycles. The summed E-state index contributed by atoms with van der Waals surface area (Å²) in [5, 5.41) is 13.3. The molecule has 5 aromatic carbocycles. The van der Waals surface area contributed by atoms with E-state index in [-0.39, 0.29) is 55.7 Å². The van der Waals surface area contributed by atoms with Gasteiger partial charge in [0.25, 0.3) is 0 Å². The molecule has 0 bridgehead atoms. The lowest BCUT2D eigenvalue weighted by Gasteiger charge is -2.52. The zero-order valence-electron chi connectivity index (χ0n) is 41.2. The van der Waals surface area contributed by atoms with E-state index >= 15 is 0 Å². The first-order valence-corrected chi connectivity index (χ1v) is 25.3. The average molecular weight is 943 g/mol. The number of aliphatic hydroxyl groups is 1. The molecule has 2 saturated heterocycles. The molecule has 3 fully saturated rings. The second-order valence-corrected chi connectivity index (χ2v) is 19.3. The third-order valence-electron chi connectivity index (χ3n) is 14.8. The van der Waals surface area contributed by atoms with Crippen molar-refractivity contribution < 1.29 is 47.7 Å². The van der Waals surface area contributed by atoms with E-state index in [1.807, 2.05) is 127 Å². The maximum absolute atomic E-state index is 13.3. The van der Waals surface area contributed by atoms with Crippen molar-refractivity contribution in [3.8, 4) is 0 Å². The van der Waals surface area contributed by atoms with Crippen molar-refractivity contribution in [2.24, 2.45) is 23.7 Å². The minimum Gasteiger partial charge on any atom is -0.387 e. The van der Waals surface area contributed by atoms with Crippen LogP contribution in [0.15, 0.2) is 152 Å². The van der Waals surface area contributed by atoms with E-state index in [0.29, 0.717) is 13.2 Å². The summed E-state index contributed by atoms with van der Waals surface area (Å²) < 4.78 is 63.4. The molecule has 1 saturated carbocycles. The quantitative estimate of drug-likeness (QED) is 0.0765. The van der Waals surface area contributed by atoms with Gasteiger partial charge < -0.3 is 47.7 Å². The first-order valence-electron chi connectivity index (χ1n) is 25.3. The second kappa shape index (κ2) is 25.2. The van der Waals surface area contributed by atoms with E-state index < -0.39 is 61.4 Å². The van der Waals surface area contributed by atoms with Gasteiger partial charge in [0.05, 0.1) is 45.2 Å². The molecule has 0 radical (unpaired) electrons. The molecule has 16 atom stereocenters. The molecule has 0 amide bonds. The molecule has 3 aliphatic rings. The molecule has 1 N–H and O–H groups in total. The van der Waals surface area contributed by atoms with Crippen LogP contribution in [0.3, 0.4) is 0 Å². The number of rotatable bonds is 21. The fourth-order valence-corrected chi connectivity index (χ4v) is 10.3. The van der Waals surface area contributed by atoms with Crippen molar-refractivity contribution in [2.45, 2.75) is 161 Å². The SMILES string of the molecule is CCC1O[C@H](OC2C(OCc3ccccc3)[C@H](OCc3ccccc3)C(OCc3ccccc3)[C@H](O[C@H]3OC(CC)[C@@H](C)[C@H](C)C3OCc3ccccc3)[C@H]2O)C(OCc2ccccc2)[C@@H](C)[C@@H]1C. The van der Waals surface area contributed by atoms with Crippen LogP contribution in [-0.2, 0) is 75.7 Å². The van der Waals surface area contributed by atoms with Crippen molar-refractivity contribution in [3.63, 3.8) is 0 Å². The van der Waals surface area contributed by atoms with Crippen LogP contribution in [0.4, 0.5) is 0 Å². The summed E-state index contributed by atoms with van der Waals surface area (Å²) in [6.45, 7) is 14.5. The zero-order valence-corrected chi connectivity index (χ0v) is 41.2. The van der Waals surface area contributed by atoms with Gasteiger partial charge in [0.1, 0.15) is 48.8 Å². The Kier molecular flexibility index (Phi) is 18.6. The summed E-state index contributed by atoms with van der Waals surface area (Å²) in [7, 11) is 0. The van der Waals surface area contributed by atoms with Crippen molar-refractivity contribution in [1.82, 2.24) is 0 Å². The van der Waals surface area contributed by atoms with Gasteiger partial charge in [0.2, 0.25) is 0 Å². The predicted octanol–water partition coefficient (Wildman–Crippen LogP) is 10.9. The van der Waals surface area contributed by atoms with Crippen LogP contribution >= 0.6 is 0 Å². The Hall–Kier alpha value is -4.30. The molecule has 0 aromatic heterocycles. The number of benzene rings is 5. The summed E-state index contributed by atoms with van der Waals surface area (Å²) in [6, 6.07) is 50.4. The van der Waals surface area contributed by atoms with E-state index in [0.717, 1.165) is 40.7 Å². The molecular formula is C59H74O10. The number of aliphatic hydroxyl groups excluding tert-OH is 1. The standard InChI is InChI=1S/C59H74O10/c1-7-48-39(3)41(5)51(61-34-43-24-14-9-15-25-43)58(66-48)68-53-50(60)54(69-59-52(42(6)40(4)49(8-2)67-59)62-35-44-26-16-10-17-27-44)56(64-37-46-30-20-12-21-31-46)57(65-38-47-32-22-13-23-33-47)55(53)63-36-45-28-18-11-19-29-45/h9-33,39-42,48-60H,7-8,34-38H2,1-6H3/t39-,40-,41-,42-,48?,49?,50-,51?,52?,53?,54+,55?,56?,57-,58+,59+/m0/s1. The van der Waals surface area contributed by atoms with Crippen molar-refractivity contribution in [1.29, 1.82) is 0 Å². The number of hydrogen-bond donors (Lipinski definition) is 1. The van der Waals surface area contributed by atoms with Gasteiger partial charge in [-0.3, -0.25) is 0 Å². The van der Waals surface area contributed by atoms with E-state index in [4.69, 9.17) is 42.6 Å². The van der Waals surface area contributed by atoms with E-state index in [1.165, 1.54) is 0 Å². The van der Waals surface area contributed by atoms with Crippen LogP contribution in [0, 0.1) is 23.7 Å². The van der Waals surface area contributed by atoms with Gasteiger partial charge in [-0.25, -0.2) is 0 Å². The summed E-state index contributed by atoms with van der Waals surface area (Å²) in [4.78, 5) is 0. The first kappa shape index (κ1) is 51.1. The monoisotopic (exact) mass is 943 g/mol. The molecule has 0 spiro atoms. The lowest BCUT2D eigenvalue weighted by Crippen LogP contribution is -2.69. The Bertz CT molecular complexity index is 2070. The van der Waals surface area contributed by atoms with Crippen LogP contribution in [0.1, 0.15) is 82.2 Å². The van der Waals surface area contributed by atoms with Crippen molar-refractivity contribution >= 4 is 0 Å². The lowest BCUT2D eigenvalue weighted by molar-refractivity contribution is -0.364.